The van der Waals surface area contributed by atoms with Gasteiger partial charge < -0.3 is 14.3 Å². The van der Waals surface area contributed by atoms with E-state index in [0.717, 1.165) is 10.4 Å². The predicted octanol–water partition coefficient (Wildman–Crippen LogP) is 4.68. The number of nitrogens with zero attached hydrogens (tertiary/aromatic N) is 2. The third-order valence-corrected chi connectivity index (χ3v) is 5.49. The fourth-order valence-electron chi connectivity index (χ4n) is 2.07. The average molecular weight is 397 g/mol. The van der Waals surface area contributed by atoms with Gasteiger partial charge in [0.1, 0.15) is 0 Å². The van der Waals surface area contributed by atoms with Gasteiger partial charge in [0.2, 0.25) is 0 Å². The highest BCUT2D eigenvalue weighted by Crippen LogP contribution is 2.27. The standard InChI is InChI=1S/C17H17ClN2O3S2/c1-11(12-4-6-13(18)7-5-12)22-9-14(21)10-25-17-20-19-16(23-17)15-3-2-8-24-15/h2-8,11,14,21H,9-10H2,1H3/t11-,14+/m0/s1. The van der Waals surface area contributed by atoms with Gasteiger partial charge in [-0.05, 0) is 36.1 Å². The second-order valence-electron chi connectivity index (χ2n) is 5.34. The Morgan fingerprint density at radius 2 is 2.08 bits per heavy atom. The molecule has 2 atom stereocenters. The number of aliphatic hydroxyl groups is 1. The van der Waals surface area contributed by atoms with Crippen LogP contribution in [0.15, 0.2) is 51.4 Å². The molecule has 2 heterocycles. The van der Waals surface area contributed by atoms with Crippen LogP contribution in [0.2, 0.25) is 5.02 Å². The smallest absolute Gasteiger partial charge is 0.276 e. The summed E-state index contributed by atoms with van der Waals surface area (Å²) in [5.74, 6) is 0.916. The fourth-order valence-corrected chi connectivity index (χ4v) is 3.51. The quantitative estimate of drug-likeness (QED) is 0.557. The van der Waals surface area contributed by atoms with Gasteiger partial charge in [0.25, 0.3) is 11.1 Å². The van der Waals surface area contributed by atoms with E-state index in [2.05, 4.69) is 10.2 Å². The lowest BCUT2D eigenvalue weighted by molar-refractivity contribution is 0.00618. The van der Waals surface area contributed by atoms with Crippen LogP contribution in [-0.2, 0) is 4.74 Å². The minimum Gasteiger partial charge on any atom is -0.410 e. The summed E-state index contributed by atoms with van der Waals surface area (Å²) in [7, 11) is 0. The van der Waals surface area contributed by atoms with Crippen molar-refractivity contribution in [2.24, 2.45) is 0 Å². The Morgan fingerprint density at radius 1 is 1.28 bits per heavy atom. The van der Waals surface area contributed by atoms with E-state index in [0.29, 0.717) is 21.9 Å². The highest BCUT2D eigenvalue weighted by molar-refractivity contribution is 7.99. The average Bonchev–Trinajstić information content (AvgIpc) is 3.29. The first-order valence-electron chi connectivity index (χ1n) is 7.67. The number of halogens is 1. The molecular formula is C17H17ClN2O3S2. The molecule has 0 spiro atoms. The normalized spacial score (nSPS) is 13.7. The molecule has 0 saturated carbocycles. The topological polar surface area (TPSA) is 68.4 Å². The first kappa shape index (κ1) is 18.4. The highest BCUT2D eigenvalue weighted by atomic mass is 35.5. The molecule has 0 fully saturated rings. The fraction of sp³-hybridized carbons (Fsp3) is 0.294. The van der Waals surface area contributed by atoms with Crippen molar-refractivity contribution >= 4 is 34.7 Å². The van der Waals surface area contributed by atoms with E-state index < -0.39 is 6.10 Å². The maximum absolute atomic E-state index is 10.1. The van der Waals surface area contributed by atoms with Gasteiger partial charge in [0, 0.05) is 10.8 Å². The van der Waals surface area contributed by atoms with Gasteiger partial charge >= 0.3 is 0 Å². The van der Waals surface area contributed by atoms with Crippen molar-refractivity contribution in [1.29, 1.82) is 0 Å². The van der Waals surface area contributed by atoms with E-state index in [9.17, 15) is 5.11 Å². The zero-order valence-corrected chi connectivity index (χ0v) is 15.9. The van der Waals surface area contributed by atoms with Crippen molar-refractivity contribution < 1.29 is 14.3 Å². The van der Waals surface area contributed by atoms with E-state index >= 15 is 0 Å². The summed E-state index contributed by atoms with van der Waals surface area (Å²) in [5.41, 5.74) is 1.02. The van der Waals surface area contributed by atoms with Gasteiger partial charge in [-0.25, -0.2) is 0 Å². The Balaban J connectivity index is 1.43. The Morgan fingerprint density at radius 3 is 2.80 bits per heavy atom. The van der Waals surface area contributed by atoms with Gasteiger partial charge in [0.15, 0.2) is 0 Å². The van der Waals surface area contributed by atoms with E-state index in [1.807, 2.05) is 48.7 Å². The first-order valence-corrected chi connectivity index (χ1v) is 9.91. The monoisotopic (exact) mass is 396 g/mol. The zero-order chi connectivity index (χ0) is 17.6. The van der Waals surface area contributed by atoms with Gasteiger partial charge in [-0.15, -0.1) is 21.5 Å². The van der Waals surface area contributed by atoms with E-state index in [1.165, 1.54) is 11.8 Å². The highest BCUT2D eigenvalue weighted by Gasteiger charge is 2.14. The molecule has 0 amide bonds. The Bertz CT molecular complexity index is 778. The van der Waals surface area contributed by atoms with Crippen molar-refractivity contribution in [3.05, 3.63) is 52.4 Å². The number of benzene rings is 1. The minimum absolute atomic E-state index is 0.120. The molecule has 0 aliphatic carbocycles. The summed E-state index contributed by atoms with van der Waals surface area (Å²) < 4.78 is 11.3. The lowest BCUT2D eigenvalue weighted by Crippen LogP contribution is -2.19. The molecule has 132 valence electrons. The van der Waals surface area contributed by atoms with Crippen molar-refractivity contribution in [2.45, 2.75) is 24.4 Å². The SMILES string of the molecule is C[C@H](OC[C@@H](O)CSc1nnc(-c2cccs2)o1)c1ccc(Cl)cc1. The van der Waals surface area contributed by atoms with Gasteiger partial charge in [-0.3, -0.25) is 0 Å². The lowest BCUT2D eigenvalue weighted by Gasteiger charge is -2.16. The number of ether oxygens (including phenoxy) is 1. The van der Waals surface area contributed by atoms with Crippen molar-refractivity contribution in [3.8, 4) is 10.8 Å². The molecule has 2 aromatic heterocycles. The maximum atomic E-state index is 10.1. The molecule has 0 saturated heterocycles. The van der Waals surface area contributed by atoms with E-state index in [4.69, 9.17) is 20.8 Å². The predicted molar refractivity (Wildman–Crippen MR) is 100 cm³/mol. The summed E-state index contributed by atoms with van der Waals surface area (Å²) in [6, 6.07) is 11.3. The third kappa shape index (κ3) is 5.29. The third-order valence-electron chi connectivity index (χ3n) is 3.42. The second-order valence-corrected chi connectivity index (χ2v) is 7.70. The van der Waals surface area contributed by atoms with Crippen molar-refractivity contribution in [1.82, 2.24) is 10.2 Å². The van der Waals surface area contributed by atoms with Crippen LogP contribution in [0.3, 0.4) is 0 Å². The number of rotatable bonds is 8. The van der Waals surface area contributed by atoms with Crippen LogP contribution in [0.1, 0.15) is 18.6 Å². The first-order chi connectivity index (χ1) is 12.1. The van der Waals surface area contributed by atoms with Crippen LogP contribution in [0.25, 0.3) is 10.8 Å². The molecule has 0 unspecified atom stereocenters. The molecule has 0 aliphatic heterocycles. The van der Waals surface area contributed by atoms with Crippen LogP contribution < -0.4 is 0 Å². The number of aromatic nitrogens is 2. The molecule has 0 bridgehead atoms. The maximum Gasteiger partial charge on any atom is 0.276 e. The van der Waals surface area contributed by atoms with Gasteiger partial charge in [-0.2, -0.15) is 0 Å². The number of thioether (sulfide) groups is 1. The second kappa shape index (κ2) is 8.82. The van der Waals surface area contributed by atoms with E-state index in [-0.39, 0.29) is 12.7 Å². The number of thiophene rings is 1. The van der Waals surface area contributed by atoms with Gasteiger partial charge in [0.05, 0.1) is 23.7 Å². The summed E-state index contributed by atoms with van der Waals surface area (Å²) >= 11 is 8.73. The minimum atomic E-state index is -0.628. The summed E-state index contributed by atoms with van der Waals surface area (Å²) in [6.45, 7) is 2.16. The molecule has 5 nitrogen and oxygen atoms in total. The lowest BCUT2D eigenvalue weighted by atomic mass is 10.1. The molecule has 0 aliphatic rings. The molecule has 25 heavy (non-hydrogen) atoms. The summed E-state index contributed by atoms with van der Waals surface area (Å²) in [5, 5.41) is 21.2. The Labute approximate surface area is 159 Å². The molecule has 0 radical (unpaired) electrons. The molecular weight excluding hydrogens is 380 g/mol. The van der Waals surface area contributed by atoms with E-state index in [1.54, 1.807) is 11.3 Å². The van der Waals surface area contributed by atoms with Gasteiger partial charge in [-0.1, -0.05) is 41.6 Å². The number of hydrogen-bond donors (Lipinski definition) is 1. The molecule has 1 N–H and O–H groups in total. The Hall–Kier alpha value is -1.38. The molecule has 3 aromatic rings. The number of aliphatic hydroxyl groups excluding tert-OH is 1. The van der Waals surface area contributed by atoms with Crippen LogP contribution in [0, 0.1) is 0 Å². The number of hydrogen-bond acceptors (Lipinski definition) is 7. The summed E-state index contributed by atoms with van der Waals surface area (Å²) in [6.07, 6.45) is -0.748. The van der Waals surface area contributed by atoms with Crippen LogP contribution in [-0.4, -0.2) is 33.8 Å². The van der Waals surface area contributed by atoms with Crippen molar-refractivity contribution in [3.63, 3.8) is 0 Å². The molecule has 3 rings (SSSR count). The Kier molecular flexibility index (Phi) is 6.50. The van der Waals surface area contributed by atoms with Crippen molar-refractivity contribution in [2.75, 3.05) is 12.4 Å². The summed E-state index contributed by atoms with van der Waals surface area (Å²) in [4.78, 5) is 0.931. The van der Waals surface area contributed by atoms with Crippen LogP contribution >= 0.6 is 34.7 Å². The molecule has 8 heteroatoms. The van der Waals surface area contributed by atoms with Crippen LogP contribution in [0.4, 0.5) is 0 Å². The zero-order valence-electron chi connectivity index (χ0n) is 13.5. The van der Waals surface area contributed by atoms with Crippen LogP contribution in [0.5, 0.6) is 0 Å². The largest absolute Gasteiger partial charge is 0.410 e. The molecule has 1 aromatic carbocycles.